The number of alkyl halides is 5. The van der Waals surface area contributed by atoms with Gasteiger partial charge in [-0.05, 0) is 25.0 Å². The van der Waals surface area contributed by atoms with Crippen LogP contribution in [0.25, 0.3) is 0 Å². The van der Waals surface area contributed by atoms with Gasteiger partial charge >= 0.3 is 6.18 Å². The van der Waals surface area contributed by atoms with E-state index in [2.05, 4.69) is 10.3 Å². The number of rotatable bonds is 3. The summed E-state index contributed by atoms with van der Waals surface area (Å²) in [6, 6.07) is 2.08. The summed E-state index contributed by atoms with van der Waals surface area (Å²) in [6.45, 7) is 0. The quantitative estimate of drug-likeness (QED) is 0.865. The summed E-state index contributed by atoms with van der Waals surface area (Å²) in [7, 11) is 0. The molecule has 0 unspecified atom stereocenters. The van der Waals surface area contributed by atoms with E-state index in [0.717, 1.165) is 18.7 Å². The molecule has 1 N–H and O–H groups in total. The molecule has 1 aromatic rings. The number of carbonyl (C=O) groups is 1. The number of hydrogen-bond acceptors (Lipinski definition) is 2. The van der Waals surface area contributed by atoms with Gasteiger partial charge in [-0.15, -0.1) is 23.2 Å². The van der Waals surface area contributed by atoms with Crippen molar-refractivity contribution in [2.45, 2.75) is 29.9 Å². The fourth-order valence-corrected chi connectivity index (χ4v) is 2.67. The lowest BCUT2D eigenvalue weighted by Crippen LogP contribution is -2.49. The minimum Gasteiger partial charge on any atom is -0.349 e. The Bertz CT molecular complexity index is 508. The van der Waals surface area contributed by atoms with Gasteiger partial charge in [0.25, 0.3) is 5.91 Å². The number of nitrogens with one attached hydrogen (secondary N) is 1. The van der Waals surface area contributed by atoms with E-state index in [1.54, 1.807) is 0 Å². The van der Waals surface area contributed by atoms with Gasteiger partial charge < -0.3 is 5.32 Å². The minimum atomic E-state index is -4.67. The molecule has 3 nitrogen and oxygen atoms in total. The normalized spacial score (nSPS) is 22.5. The average Bonchev–Trinajstić information content (AvgIpc) is 2.32. The second-order valence-electron chi connectivity index (χ2n) is 4.55. The van der Waals surface area contributed by atoms with Crippen molar-refractivity contribution in [1.82, 2.24) is 10.3 Å². The molecule has 2 rings (SSSR count). The zero-order valence-electron chi connectivity index (χ0n) is 10.1. The molecular formula is C12H11Cl2F3N2O. The second kappa shape index (κ2) is 5.77. The van der Waals surface area contributed by atoms with Crippen LogP contribution in [-0.2, 0) is 6.18 Å². The minimum absolute atomic E-state index is 0.131. The number of nitrogens with zero attached hydrogens (tertiary/aromatic N) is 1. The summed E-state index contributed by atoms with van der Waals surface area (Å²) in [6.07, 6.45) is -2.29. The molecule has 0 bridgehead atoms. The summed E-state index contributed by atoms with van der Waals surface area (Å²) >= 11 is 11.5. The van der Waals surface area contributed by atoms with E-state index >= 15 is 0 Å². The van der Waals surface area contributed by atoms with Crippen molar-refractivity contribution in [3.63, 3.8) is 0 Å². The third-order valence-corrected chi connectivity index (χ3v) is 3.94. The Balaban J connectivity index is 2.14. The van der Waals surface area contributed by atoms with E-state index in [1.165, 1.54) is 6.07 Å². The van der Waals surface area contributed by atoms with Crippen molar-refractivity contribution < 1.29 is 18.0 Å². The Morgan fingerprint density at radius 3 is 2.60 bits per heavy atom. The molecule has 2 atom stereocenters. The number of halogens is 5. The van der Waals surface area contributed by atoms with E-state index in [0.29, 0.717) is 6.42 Å². The summed E-state index contributed by atoms with van der Waals surface area (Å²) in [5.74, 6) is -0.942. The third-order valence-electron chi connectivity index (χ3n) is 3.29. The lowest BCUT2D eigenvalue weighted by Gasteiger charge is -2.38. The van der Waals surface area contributed by atoms with E-state index in [9.17, 15) is 18.0 Å². The Labute approximate surface area is 123 Å². The zero-order valence-corrected chi connectivity index (χ0v) is 11.6. The Morgan fingerprint density at radius 2 is 2.10 bits per heavy atom. The monoisotopic (exact) mass is 326 g/mol. The molecule has 110 valence electrons. The molecule has 8 heteroatoms. The molecule has 1 saturated carbocycles. The fourth-order valence-electron chi connectivity index (χ4n) is 2.07. The predicted molar refractivity (Wildman–Crippen MR) is 68.7 cm³/mol. The van der Waals surface area contributed by atoms with Gasteiger partial charge in [0.1, 0.15) is 4.84 Å². The predicted octanol–water partition coefficient (Wildman–Crippen LogP) is 3.41. The smallest absolute Gasteiger partial charge is 0.349 e. The van der Waals surface area contributed by atoms with Gasteiger partial charge in [-0.2, -0.15) is 13.2 Å². The van der Waals surface area contributed by atoms with Crippen molar-refractivity contribution in [1.29, 1.82) is 0 Å². The maximum atomic E-state index is 12.8. The fraction of sp³-hybridized carbons (Fsp3) is 0.500. The van der Waals surface area contributed by atoms with E-state index in [-0.39, 0.29) is 12.0 Å². The number of carbonyl (C=O) groups excluding carboxylic acids is 1. The first-order valence-corrected chi connectivity index (χ1v) is 6.79. The molecule has 0 aliphatic heterocycles. The van der Waals surface area contributed by atoms with Gasteiger partial charge in [-0.1, -0.05) is 0 Å². The van der Waals surface area contributed by atoms with Crippen LogP contribution in [0.5, 0.6) is 0 Å². The van der Waals surface area contributed by atoms with Crippen molar-refractivity contribution in [3.05, 3.63) is 29.6 Å². The molecule has 1 fully saturated rings. The molecule has 0 saturated heterocycles. The lowest BCUT2D eigenvalue weighted by molar-refractivity contribution is -0.141. The SMILES string of the molecule is O=C(N[C@H]1CC[C@@H]1C(Cl)Cl)c1cccnc1C(F)(F)F. The van der Waals surface area contributed by atoms with Crippen molar-refractivity contribution in [2.75, 3.05) is 0 Å². The highest BCUT2D eigenvalue weighted by Gasteiger charge is 2.40. The van der Waals surface area contributed by atoms with E-state index in [1.807, 2.05) is 0 Å². The van der Waals surface area contributed by atoms with Crippen LogP contribution in [0.4, 0.5) is 13.2 Å². The van der Waals surface area contributed by atoms with Crippen molar-refractivity contribution in [3.8, 4) is 0 Å². The van der Waals surface area contributed by atoms with Gasteiger partial charge in [0.15, 0.2) is 5.69 Å². The summed E-state index contributed by atoms with van der Waals surface area (Å²) in [5, 5.41) is 2.53. The highest BCUT2D eigenvalue weighted by atomic mass is 35.5. The van der Waals surface area contributed by atoms with Gasteiger partial charge in [-0.25, -0.2) is 0 Å². The third kappa shape index (κ3) is 3.17. The molecule has 1 aromatic heterocycles. The van der Waals surface area contributed by atoms with Gasteiger partial charge in [0.05, 0.1) is 5.56 Å². The topological polar surface area (TPSA) is 42.0 Å². The van der Waals surface area contributed by atoms with Crippen LogP contribution in [0.3, 0.4) is 0 Å². The molecule has 1 aliphatic carbocycles. The van der Waals surface area contributed by atoms with Crippen LogP contribution in [0, 0.1) is 5.92 Å². The van der Waals surface area contributed by atoms with Crippen LogP contribution in [0.1, 0.15) is 28.9 Å². The highest BCUT2D eigenvalue weighted by molar-refractivity contribution is 6.44. The number of amides is 1. The average molecular weight is 327 g/mol. The first-order valence-electron chi connectivity index (χ1n) is 5.92. The highest BCUT2D eigenvalue weighted by Crippen LogP contribution is 2.36. The maximum absolute atomic E-state index is 12.8. The first kappa shape index (κ1) is 15.4. The molecule has 0 spiro atoms. The van der Waals surface area contributed by atoms with E-state index in [4.69, 9.17) is 23.2 Å². The molecule has 1 aliphatic rings. The maximum Gasteiger partial charge on any atom is 0.434 e. The van der Waals surface area contributed by atoms with Crippen LogP contribution in [-0.4, -0.2) is 21.8 Å². The molecule has 1 heterocycles. The van der Waals surface area contributed by atoms with Crippen LogP contribution >= 0.6 is 23.2 Å². The number of aromatic nitrogens is 1. The Hall–Kier alpha value is -1.01. The van der Waals surface area contributed by atoms with Gasteiger partial charge in [0, 0.05) is 18.2 Å². The first-order chi connectivity index (χ1) is 9.30. The molecule has 20 heavy (non-hydrogen) atoms. The van der Waals surface area contributed by atoms with Gasteiger partial charge in [-0.3, -0.25) is 9.78 Å². The van der Waals surface area contributed by atoms with E-state index < -0.39 is 28.2 Å². The van der Waals surface area contributed by atoms with Crippen LogP contribution in [0.2, 0.25) is 0 Å². The Kier molecular flexibility index (Phi) is 4.44. The lowest BCUT2D eigenvalue weighted by atomic mass is 9.80. The summed E-state index contributed by atoms with van der Waals surface area (Å²) in [5.41, 5.74) is -1.69. The van der Waals surface area contributed by atoms with Crippen LogP contribution in [0.15, 0.2) is 18.3 Å². The Morgan fingerprint density at radius 1 is 1.40 bits per heavy atom. The summed E-state index contributed by atoms with van der Waals surface area (Å²) < 4.78 is 38.3. The van der Waals surface area contributed by atoms with Crippen LogP contribution < -0.4 is 5.32 Å². The second-order valence-corrected chi connectivity index (χ2v) is 5.72. The molecule has 0 radical (unpaired) electrons. The van der Waals surface area contributed by atoms with Gasteiger partial charge in [0.2, 0.25) is 0 Å². The molecular weight excluding hydrogens is 316 g/mol. The number of pyridine rings is 1. The standard InChI is InChI=1S/C12H11Cl2F3N2O/c13-10(14)6-3-4-8(6)19-11(20)7-2-1-5-18-9(7)12(15,16)17/h1-2,5-6,8,10H,3-4H2,(H,19,20)/t6-,8-/m0/s1. The largest absolute Gasteiger partial charge is 0.434 e. The molecule has 0 aromatic carbocycles. The van der Waals surface area contributed by atoms with Crippen molar-refractivity contribution >= 4 is 29.1 Å². The van der Waals surface area contributed by atoms with Crippen molar-refractivity contribution in [2.24, 2.45) is 5.92 Å². The zero-order chi connectivity index (χ0) is 14.9. The summed E-state index contributed by atoms with van der Waals surface area (Å²) in [4.78, 5) is 14.5. The number of hydrogen-bond donors (Lipinski definition) is 1. The molecule has 1 amide bonds.